The van der Waals surface area contributed by atoms with Crippen molar-refractivity contribution in [2.24, 2.45) is 0 Å². The topological polar surface area (TPSA) is 68.9 Å². The molecule has 0 bridgehead atoms. The van der Waals surface area contributed by atoms with Gasteiger partial charge in [0.15, 0.2) is 0 Å². The van der Waals surface area contributed by atoms with Gasteiger partial charge in [-0.25, -0.2) is 9.78 Å². The molecular weight excluding hydrogens is 419 g/mol. The summed E-state index contributed by atoms with van der Waals surface area (Å²) in [6.07, 6.45) is 1.69. The molecule has 1 aromatic carbocycles. The number of fused-ring (bicyclic) bond motifs is 1. The molecule has 2 aromatic heterocycles. The van der Waals surface area contributed by atoms with Gasteiger partial charge in [-0.1, -0.05) is 12.1 Å². The Kier molecular flexibility index (Phi) is 4.70. The van der Waals surface area contributed by atoms with E-state index in [1.807, 2.05) is 44.2 Å². The van der Waals surface area contributed by atoms with E-state index in [1.165, 1.54) is 4.57 Å². The van der Waals surface area contributed by atoms with E-state index in [-0.39, 0.29) is 18.1 Å². The Morgan fingerprint density at radius 3 is 2.54 bits per heavy atom. The number of pyridine rings is 1. The molecule has 3 rings (SSSR count). The van der Waals surface area contributed by atoms with Gasteiger partial charge >= 0.3 is 5.69 Å². The zero-order valence-corrected chi connectivity index (χ0v) is 15.6. The van der Waals surface area contributed by atoms with E-state index >= 15 is 0 Å². The number of para-hydroxylation sites is 2. The molecule has 1 amide bonds. The van der Waals surface area contributed by atoms with Crippen LogP contribution in [-0.4, -0.2) is 20.0 Å². The van der Waals surface area contributed by atoms with Crippen LogP contribution < -0.4 is 11.0 Å². The van der Waals surface area contributed by atoms with Crippen LogP contribution >= 0.6 is 22.6 Å². The number of aryl methyl sites for hydroxylation is 2. The van der Waals surface area contributed by atoms with Crippen molar-refractivity contribution in [3.05, 3.63) is 56.1 Å². The number of halogens is 1. The van der Waals surface area contributed by atoms with Gasteiger partial charge in [-0.15, -0.1) is 0 Å². The molecule has 0 saturated heterocycles. The lowest BCUT2D eigenvalue weighted by molar-refractivity contribution is -0.116. The maximum Gasteiger partial charge on any atom is 0.329 e. The standard InChI is InChI=1S/C17H17IN4O2/c1-3-21-13-6-4-5-7-14(13)22(17(21)24)10-15(23)20-16-11(2)8-12(18)9-19-16/h4-9H,3,10H2,1-2H3,(H,19,20,23). The van der Waals surface area contributed by atoms with Crippen LogP contribution in [0.2, 0.25) is 0 Å². The van der Waals surface area contributed by atoms with E-state index < -0.39 is 0 Å². The minimum absolute atomic E-state index is 0.0422. The lowest BCUT2D eigenvalue weighted by Crippen LogP contribution is -2.29. The molecule has 3 aromatic rings. The van der Waals surface area contributed by atoms with E-state index in [9.17, 15) is 9.59 Å². The molecule has 0 spiro atoms. The van der Waals surface area contributed by atoms with Gasteiger partial charge < -0.3 is 5.32 Å². The van der Waals surface area contributed by atoms with Crippen LogP contribution in [0.5, 0.6) is 0 Å². The largest absolute Gasteiger partial charge is 0.329 e. The molecule has 0 atom stereocenters. The van der Waals surface area contributed by atoms with Crippen LogP contribution in [0.25, 0.3) is 11.0 Å². The molecule has 0 radical (unpaired) electrons. The molecule has 124 valence electrons. The van der Waals surface area contributed by atoms with E-state index in [4.69, 9.17) is 0 Å². The van der Waals surface area contributed by atoms with E-state index in [0.29, 0.717) is 12.4 Å². The summed E-state index contributed by atoms with van der Waals surface area (Å²) in [7, 11) is 0. The Morgan fingerprint density at radius 2 is 1.92 bits per heavy atom. The number of hydrogen-bond donors (Lipinski definition) is 1. The number of carbonyl (C=O) groups excluding carboxylic acids is 1. The quantitative estimate of drug-likeness (QED) is 0.640. The monoisotopic (exact) mass is 436 g/mol. The molecule has 0 aliphatic heterocycles. The average Bonchev–Trinajstić information content (AvgIpc) is 2.82. The highest BCUT2D eigenvalue weighted by atomic mass is 127. The Hall–Kier alpha value is -2.16. The van der Waals surface area contributed by atoms with E-state index in [1.54, 1.807) is 10.8 Å². The summed E-state index contributed by atoms with van der Waals surface area (Å²) in [4.78, 5) is 29.2. The van der Waals surface area contributed by atoms with Crippen LogP contribution in [0.15, 0.2) is 41.3 Å². The number of hydrogen-bond acceptors (Lipinski definition) is 3. The summed E-state index contributed by atoms with van der Waals surface area (Å²) in [6, 6.07) is 9.43. The second-order valence-corrected chi connectivity index (χ2v) is 6.71. The van der Waals surface area contributed by atoms with Gasteiger partial charge in [-0.3, -0.25) is 13.9 Å². The molecule has 0 aliphatic carbocycles. The number of amides is 1. The van der Waals surface area contributed by atoms with Crippen molar-refractivity contribution in [2.75, 3.05) is 5.32 Å². The van der Waals surface area contributed by atoms with Crippen molar-refractivity contribution in [3.8, 4) is 0 Å². The smallest absolute Gasteiger partial charge is 0.309 e. The maximum absolute atomic E-state index is 12.5. The van der Waals surface area contributed by atoms with Gasteiger partial charge in [0.2, 0.25) is 5.91 Å². The fourth-order valence-electron chi connectivity index (χ4n) is 2.72. The van der Waals surface area contributed by atoms with Gasteiger partial charge in [-0.05, 0) is 60.2 Å². The first-order chi connectivity index (χ1) is 11.5. The molecule has 0 unspecified atom stereocenters. The highest BCUT2D eigenvalue weighted by Gasteiger charge is 2.15. The first-order valence-electron chi connectivity index (χ1n) is 7.61. The molecule has 1 N–H and O–H groups in total. The number of nitrogens with zero attached hydrogens (tertiary/aromatic N) is 3. The zero-order valence-electron chi connectivity index (χ0n) is 13.4. The number of aromatic nitrogens is 3. The predicted molar refractivity (Wildman–Crippen MR) is 102 cm³/mol. The van der Waals surface area contributed by atoms with Crippen LogP contribution in [0.3, 0.4) is 0 Å². The number of benzene rings is 1. The molecule has 0 fully saturated rings. The molecule has 0 aliphatic rings. The minimum atomic E-state index is -0.270. The molecule has 0 saturated carbocycles. The Balaban J connectivity index is 1.91. The second-order valence-electron chi connectivity index (χ2n) is 5.47. The number of imidazole rings is 1. The van der Waals surface area contributed by atoms with Crippen LogP contribution in [0.4, 0.5) is 5.82 Å². The van der Waals surface area contributed by atoms with Gasteiger partial charge in [0, 0.05) is 16.3 Å². The normalized spacial score (nSPS) is 11.0. The van der Waals surface area contributed by atoms with E-state index in [0.717, 1.165) is 20.2 Å². The van der Waals surface area contributed by atoms with E-state index in [2.05, 4.69) is 32.9 Å². The number of nitrogens with one attached hydrogen (secondary N) is 1. The zero-order chi connectivity index (χ0) is 17.3. The summed E-state index contributed by atoms with van der Waals surface area (Å²) >= 11 is 2.17. The first-order valence-corrected chi connectivity index (χ1v) is 8.69. The minimum Gasteiger partial charge on any atom is -0.309 e. The maximum atomic E-state index is 12.5. The molecule has 7 heteroatoms. The van der Waals surface area contributed by atoms with Crippen molar-refractivity contribution in [3.63, 3.8) is 0 Å². The number of anilines is 1. The summed E-state index contributed by atoms with van der Waals surface area (Å²) in [5.74, 6) is 0.251. The fourth-order valence-corrected chi connectivity index (χ4v) is 3.32. The van der Waals surface area contributed by atoms with Gasteiger partial charge in [0.25, 0.3) is 0 Å². The van der Waals surface area contributed by atoms with Gasteiger partial charge in [-0.2, -0.15) is 0 Å². The molecule has 2 heterocycles. The van der Waals surface area contributed by atoms with Gasteiger partial charge in [0.05, 0.1) is 11.0 Å². The molecule has 6 nitrogen and oxygen atoms in total. The highest BCUT2D eigenvalue weighted by molar-refractivity contribution is 14.1. The summed E-state index contributed by atoms with van der Waals surface area (Å²) in [5.41, 5.74) is 2.30. The summed E-state index contributed by atoms with van der Waals surface area (Å²) < 4.78 is 4.16. The lowest BCUT2D eigenvalue weighted by Gasteiger charge is -2.08. The van der Waals surface area contributed by atoms with Crippen molar-refractivity contribution < 1.29 is 4.79 Å². The van der Waals surface area contributed by atoms with Crippen molar-refractivity contribution in [2.45, 2.75) is 26.9 Å². The molecular formula is C17H17IN4O2. The third-order valence-electron chi connectivity index (χ3n) is 3.85. The van der Waals surface area contributed by atoms with Crippen molar-refractivity contribution in [1.29, 1.82) is 0 Å². The Bertz CT molecular complexity index is 974. The van der Waals surface area contributed by atoms with Crippen LogP contribution in [0.1, 0.15) is 12.5 Å². The van der Waals surface area contributed by atoms with Crippen LogP contribution in [0, 0.1) is 10.5 Å². The Morgan fingerprint density at radius 1 is 1.25 bits per heavy atom. The summed E-state index contributed by atoms with van der Waals surface area (Å²) in [5, 5.41) is 2.78. The van der Waals surface area contributed by atoms with Crippen molar-refractivity contribution >= 4 is 45.3 Å². The second kappa shape index (κ2) is 6.76. The SMILES string of the molecule is CCn1c(=O)n(CC(=O)Nc2ncc(I)cc2C)c2ccccc21. The highest BCUT2D eigenvalue weighted by Crippen LogP contribution is 2.15. The van der Waals surface area contributed by atoms with Gasteiger partial charge in [0.1, 0.15) is 12.4 Å². The van der Waals surface area contributed by atoms with Crippen LogP contribution in [-0.2, 0) is 17.9 Å². The number of carbonyl (C=O) groups is 1. The summed E-state index contributed by atoms with van der Waals surface area (Å²) in [6.45, 7) is 4.32. The number of rotatable bonds is 4. The molecule has 24 heavy (non-hydrogen) atoms. The fraction of sp³-hybridized carbons (Fsp3) is 0.235. The Labute approximate surface area is 152 Å². The third-order valence-corrected chi connectivity index (χ3v) is 4.44. The lowest BCUT2D eigenvalue weighted by atomic mass is 10.3. The third kappa shape index (κ3) is 3.08. The average molecular weight is 436 g/mol. The van der Waals surface area contributed by atoms with Crippen molar-refractivity contribution in [1.82, 2.24) is 14.1 Å². The first kappa shape index (κ1) is 16.7. The predicted octanol–water partition coefficient (Wildman–Crippen LogP) is 2.77.